The van der Waals surface area contributed by atoms with E-state index in [2.05, 4.69) is 40.7 Å². The summed E-state index contributed by atoms with van der Waals surface area (Å²) in [5.41, 5.74) is 4.36. The van der Waals surface area contributed by atoms with Gasteiger partial charge in [0.05, 0.1) is 22.9 Å². The maximum Gasteiger partial charge on any atom is 0.0706 e. The van der Waals surface area contributed by atoms with Gasteiger partial charge in [0.1, 0.15) is 0 Å². The van der Waals surface area contributed by atoms with Crippen molar-refractivity contribution in [1.29, 1.82) is 0 Å². The maximum absolute atomic E-state index is 4.79. The zero-order chi connectivity index (χ0) is 14.8. The van der Waals surface area contributed by atoms with Crippen molar-refractivity contribution in [2.24, 2.45) is 7.05 Å². The van der Waals surface area contributed by atoms with Crippen LogP contribution in [0.15, 0.2) is 42.5 Å². The smallest absolute Gasteiger partial charge is 0.0706 e. The highest BCUT2D eigenvalue weighted by atomic mass is 15.3. The van der Waals surface area contributed by atoms with Crippen LogP contribution in [-0.4, -0.2) is 21.8 Å². The molecule has 1 atom stereocenters. The van der Waals surface area contributed by atoms with Crippen LogP contribution in [0.1, 0.15) is 23.1 Å². The van der Waals surface area contributed by atoms with Gasteiger partial charge < -0.3 is 5.32 Å². The second-order valence-electron chi connectivity index (χ2n) is 5.37. The lowest BCUT2D eigenvalue weighted by Gasteiger charge is -2.16. The lowest BCUT2D eigenvalue weighted by molar-refractivity contribution is 0.550. The van der Waals surface area contributed by atoms with E-state index in [9.17, 15) is 0 Å². The Morgan fingerprint density at radius 3 is 2.71 bits per heavy atom. The first-order valence-electron chi connectivity index (χ1n) is 7.20. The normalized spacial score (nSPS) is 12.7. The van der Waals surface area contributed by atoms with Crippen LogP contribution < -0.4 is 5.32 Å². The number of para-hydroxylation sites is 1. The van der Waals surface area contributed by atoms with Crippen LogP contribution in [0.5, 0.6) is 0 Å². The molecule has 0 amide bonds. The van der Waals surface area contributed by atoms with Crippen molar-refractivity contribution in [3.63, 3.8) is 0 Å². The fourth-order valence-electron chi connectivity index (χ4n) is 2.69. The molecule has 1 N–H and O–H groups in total. The number of likely N-dealkylation sites (N-methyl/N-ethyl adjacent to an activating group) is 1. The third-order valence-electron chi connectivity index (χ3n) is 3.84. The number of hydrogen-bond donors (Lipinski definition) is 1. The molecule has 4 heteroatoms. The predicted molar refractivity (Wildman–Crippen MR) is 85.2 cm³/mol. The minimum absolute atomic E-state index is 0.185. The molecule has 0 spiro atoms. The molecule has 2 aromatic heterocycles. The van der Waals surface area contributed by atoms with Gasteiger partial charge in [0.2, 0.25) is 0 Å². The Morgan fingerprint density at radius 1 is 1.19 bits per heavy atom. The van der Waals surface area contributed by atoms with E-state index < -0.39 is 0 Å². The van der Waals surface area contributed by atoms with Crippen molar-refractivity contribution in [2.45, 2.75) is 19.4 Å². The number of aryl methyl sites for hydroxylation is 2. The number of benzene rings is 1. The predicted octanol–water partition coefficient (Wildman–Crippen LogP) is 2.78. The molecular weight excluding hydrogens is 260 g/mol. The molecule has 108 valence electrons. The number of pyridine rings is 1. The molecule has 0 bridgehead atoms. The van der Waals surface area contributed by atoms with Gasteiger partial charge in [0.15, 0.2) is 0 Å². The monoisotopic (exact) mass is 280 g/mol. The van der Waals surface area contributed by atoms with Crippen molar-refractivity contribution >= 4 is 10.9 Å². The molecular formula is C17H20N4. The van der Waals surface area contributed by atoms with Gasteiger partial charge in [0, 0.05) is 24.5 Å². The number of fused-ring (bicyclic) bond motifs is 1. The lowest BCUT2D eigenvalue weighted by atomic mass is 10.1. The van der Waals surface area contributed by atoms with Crippen molar-refractivity contribution in [1.82, 2.24) is 20.1 Å². The van der Waals surface area contributed by atoms with Crippen LogP contribution in [-0.2, 0) is 13.5 Å². The number of rotatable bonds is 4. The van der Waals surface area contributed by atoms with Gasteiger partial charge in [-0.25, -0.2) is 0 Å². The van der Waals surface area contributed by atoms with E-state index in [0.29, 0.717) is 0 Å². The highest BCUT2D eigenvalue weighted by Gasteiger charge is 2.14. The van der Waals surface area contributed by atoms with E-state index in [1.165, 1.54) is 11.1 Å². The molecule has 0 radical (unpaired) electrons. The summed E-state index contributed by atoms with van der Waals surface area (Å²) in [6.07, 6.45) is 0.874. The van der Waals surface area contributed by atoms with E-state index in [1.807, 2.05) is 37.8 Å². The van der Waals surface area contributed by atoms with Crippen LogP contribution in [0.25, 0.3) is 10.9 Å². The molecule has 21 heavy (non-hydrogen) atoms. The van der Waals surface area contributed by atoms with E-state index in [1.54, 1.807) is 0 Å². The minimum atomic E-state index is 0.185. The fourth-order valence-corrected chi connectivity index (χ4v) is 2.69. The van der Waals surface area contributed by atoms with E-state index in [-0.39, 0.29) is 6.04 Å². The number of hydrogen-bond acceptors (Lipinski definition) is 3. The summed E-state index contributed by atoms with van der Waals surface area (Å²) < 4.78 is 1.95. The first-order chi connectivity index (χ1) is 10.2. The third kappa shape index (κ3) is 2.81. The molecule has 0 aliphatic heterocycles. The van der Waals surface area contributed by atoms with Gasteiger partial charge in [-0.3, -0.25) is 9.67 Å². The van der Waals surface area contributed by atoms with Crippen molar-refractivity contribution in [2.75, 3.05) is 7.05 Å². The number of nitrogens with zero attached hydrogens (tertiary/aromatic N) is 3. The van der Waals surface area contributed by atoms with E-state index in [4.69, 9.17) is 4.98 Å². The molecule has 1 aromatic carbocycles. The molecule has 3 rings (SSSR count). The number of nitrogens with one attached hydrogen (secondary N) is 1. The summed E-state index contributed by atoms with van der Waals surface area (Å²) in [7, 11) is 3.97. The maximum atomic E-state index is 4.79. The Balaban J connectivity index is 1.92. The SMILES string of the molecule is CNC(Cc1cc(C)nn1C)c1ccc2ccccc2n1. The lowest BCUT2D eigenvalue weighted by Crippen LogP contribution is -2.21. The van der Waals surface area contributed by atoms with Crippen LogP contribution in [0, 0.1) is 6.92 Å². The second-order valence-corrected chi connectivity index (χ2v) is 5.37. The van der Waals surface area contributed by atoms with Gasteiger partial charge in [-0.05, 0) is 32.2 Å². The molecule has 4 nitrogen and oxygen atoms in total. The minimum Gasteiger partial charge on any atom is -0.311 e. The quantitative estimate of drug-likeness (QED) is 0.799. The van der Waals surface area contributed by atoms with Crippen LogP contribution >= 0.6 is 0 Å². The van der Waals surface area contributed by atoms with Crippen LogP contribution in [0.3, 0.4) is 0 Å². The summed E-state index contributed by atoms with van der Waals surface area (Å²) in [5, 5.41) is 8.95. The molecule has 0 aliphatic carbocycles. The average molecular weight is 280 g/mol. The Morgan fingerprint density at radius 2 is 2.00 bits per heavy atom. The fraction of sp³-hybridized carbons (Fsp3) is 0.294. The largest absolute Gasteiger partial charge is 0.311 e. The van der Waals surface area contributed by atoms with Gasteiger partial charge in [-0.1, -0.05) is 24.3 Å². The molecule has 1 unspecified atom stereocenters. The third-order valence-corrected chi connectivity index (χ3v) is 3.84. The van der Waals surface area contributed by atoms with Gasteiger partial charge in [-0.15, -0.1) is 0 Å². The molecule has 3 aromatic rings. The summed E-state index contributed by atoms with van der Waals surface area (Å²) in [5.74, 6) is 0. The Hall–Kier alpha value is -2.20. The highest BCUT2D eigenvalue weighted by Crippen LogP contribution is 2.20. The first-order valence-corrected chi connectivity index (χ1v) is 7.20. The van der Waals surface area contributed by atoms with Gasteiger partial charge in [-0.2, -0.15) is 5.10 Å². The van der Waals surface area contributed by atoms with Gasteiger partial charge >= 0.3 is 0 Å². The Bertz CT molecular complexity index is 760. The van der Waals surface area contributed by atoms with Crippen molar-refractivity contribution < 1.29 is 0 Å². The van der Waals surface area contributed by atoms with E-state index >= 15 is 0 Å². The molecule has 0 fully saturated rings. The zero-order valence-corrected chi connectivity index (χ0v) is 12.7. The summed E-state index contributed by atoms with van der Waals surface area (Å²) in [6.45, 7) is 2.02. The Kier molecular flexibility index (Phi) is 3.71. The van der Waals surface area contributed by atoms with Crippen LogP contribution in [0.2, 0.25) is 0 Å². The zero-order valence-electron chi connectivity index (χ0n) is 12.7. The van der Waals surface area contributed by atoms with E-state index in [0.717, 1.165) is 23.3 Å². The topological polar surface area (TPSA) is 42.7 Å². The molecule has 0 saturated carbocycles. The summed E-state index contributed by atoms with van der Waals surface area (Å²) in [6, 6.07) is 14.8. The summed E-state index contributed by atoms with van der Waals surface area (Å²) >= 11 is 0. The average Bonchev–Trinajstić information content (AvgIpc) is 2.82. The highest BCUT2D eigenvalue weighted by molar-refractivity contribution is 5.78. The van der Waals surface area contributed by atoms with Crippen molar-refractivity contribution in [3.05, 3.63) is 59.5 Å². The second kappa shape index (κ2) is 5.66. The standard InChI is InChI=1S/C17H20N4/c1-12-10-14(21(3)20-12)11-17(18-2)16-9-8-13-6-4-5-7-15(13)19-16/h4-10,17-18H,11H2,1-3H3. The Labute approximate surface area is 124 Å². The van der Waals surface area contributed by atoms with Crippen molar-refractivity contribution in [3.8, 4) is 0 Å². The number of aromatic nitrogens is 3. The summed E-state index contributed by atoms with van der Waals surface area (Å²) in [4.78, 5) is 4.79. The van der Waals surface area contributed by atoms with Gasteiger partial charge in [0.25, 0.3) is 0 Å². The molecule has 2 heterocycles. The van der Waals surface area contributed by atoms with Crippen LogP contribution in [0.4, 0.5) is 0 Å². The first kappa shape index (κ1) is 13.8. The molecule has 0 saturated heterocycles. The molecule has 0 aliphatic rings.